The number of imide groups is 1. The third kappa shape index (κ3) is 4.55. The summed E-state index contributed by atoms with van der Waals surface area (Å²) in [7, 11) is 0. The molecule has 0 unspecified atom stereocenters. The predicted molar refractivity (Wildman–Crippen MR) is 91.4 cm³/mol. The Balaban J connectivity index is 1.64. The van der Waals surface area contributed by atoms with Crippen LogP contribution in [0.15, 0.2) is 24.5 Å². The number of carbonyl (C=O) groups excluding carboxylic acids is 3. The number of urea groups is 1. The maximum Gasteiger partial charge on any atom is 0.322 e. The first-order valence-corrected chi connectivity index (χ1v) is 8.93. The van der Waals surface area contributed by atoms with E-state index >= 15 is 0 Å². The Bertz CT molecular complexity index is 628. The Labute approximate surface area is 147 Å². The van der Waals surface area contributed by atoms with Gasteiger partial charge in [-0.25, -0.2) is 4.79 Å². The van der Waals surface area contributed by atoms with Crippen LogP contribution >= 0.6 is 0 Å². The van der Waals surface area contributed by atoms with E-state index in [9.17, 15) is 14.4 Å². The highest BCUT2D eigenvalue weighted by Crippen LogP contribution is 2.25. The molecule has 4 amide bonds. The fraction of sp³-hybridized carbons (Fsp3) is 0.556. The SMILES string of the molecule is O=C1NC(=O)[C@H](CCC(=O)N(Cc2cccnc2)C2CCCCC2)N1. The molecule has 2 heterocycles. The van der Waals surface area contributed by atoms with E-state index in [0.717, 1.165) is 31.2 Å². The van der Waals surface area contributed by atoms with Crippen molar-refractivity contribution in [2.75, 3.05) is 0 Å². The van der Waals surface area contributed by atoms with Crippen molar-refractivity contribution in [3.8, 4) is 0 Å². The van der Waals surface area contributed by atoms with Gasteiger partial charge in [0.05, 0.1) is 0 Å². The Hall–Kier alpha value is -2.44. The van der Waals surface area contributed by atoms with Crippen molar-refractivity contribution < 1.29 is 14.4 Å². The number of amides is 4. The molecule has 25 heavy (non-hydrogen) atoms. The highest BCUT2D eigenvalue weighted by atomic mass is 16.2. The van der Waals surface area contributed by atoms with Gasteiger partial charge in [-0.3, -0.25) is 19.9 Å². The molecule has 1 aromatic heterocycles. The second-order valence-corrected chi connectivity index (χ2v) is 6.73. The van der Waals surface area contributed by atoms with Crippen molar-refractivity contribution in [3.63, 3.8) is 0 Å². The maximum atomic E-state index is 12.9. The molecular weight excluding hydrogens is 320 g/mol. The van der Waals surface area contributed by atoms with Crippen molar-refractivity contribution >= 4 is 17.8 Å². The van der Waals surface area contributed by atoms with Gasteiger partial charge in [0.1, 0.15) is 6.04 Å². The van der Waals surface area contributed by atoms with E-state index in [-0.39, 0.29) is 24.3 Å². The molecule has 0 aromatic carbocycles. The topological polar surface area (TPSA) is 91.4 Å². The summed E-state index contributed by atoms with van der Waals surface area (Å²) in [6, 6.07) is 3.00. The molecule has 0 bridgehead atoms. The third-order valence-corrected chi connectivity index (χ3v) is 4.92. The van der Waals surface area contributed by atoms with E-state index in [2.05, 4.69) is 15.6 Å². The minimum Gasteiger partial charge on any atom is -0.335 e. The van der Waals surface area contributed by atoms with E-state index in [1.807, 2.05) is 17.0 Å². The molecule has 1 atom stereocenters. The third-order valence-electron chi connectivity index (χ3n) is 4.92. The van der Waals surface area contributed by atoms with Crippen LogP contribution in [0.5, 0.6) is 0 Å². The molecule has 0 spiro atoms. The predicted octanol–water partition coefficient (Wildman–Crippen LogP) is 1.73. The summed E-state index contributed by atoms with van der Waals surface area (Å²) >= 11 is 0. The van der Waals surface area contributed by atoms with Gasteiger partial charge < -0.3 is 10.2 Å². The molecule has 0 radical (unpaired) electrons. The number of pyridine rings is 1. The van der Waals surface area contributed by atoms with Crippen LogP contribution in [0.3, 0.4) is 0 Å². The maximum absolute atomic E-state index is 12.9. The summed E-state index contributed by atoms with van der Waals surface area (Å²) in [5.41, 5.74) is 1.01. The number of rotatable bonds is 6. The Kier molecular flexibility index (Phi) is 5.63. The molecule has 1 saturated heterocycles. The number of nitrogens with one attached hydrogen (secondary N) is 2. The summed E-state index contributed by atoms with van der Waals surface area (Å²) < 4.78 is 0. The summed E-state index contributed by atoms with van der Waals surface area (Å²) in [6.07, 6.45) is 9.62. The lowest BCUT2D eigenvalue weighted by Crippen LogP contribution is -2.41. The zero-order chi connectivity index (χ0) is 17.6. The van der Waals surface area contributed by atoms with Gasteiger partial charge in [0.25, 0.3) is 5.91 Å². The van der Waals surface area contributed by atoms with Gasteiger partial charge in [-0.2, -0.15) is 0 Å². The molecule has 1 aromatic rings. The number of carbonyl (C=O) groups is 3. The van der Waals surface area contributed by atoms with Crippen LogP contribution in [0.4, 0.5) is 4.79 Å². The summed E-state index contributed by atoms with van der Waals surface area (Å²) in [5, 5.41) is 4.75. The van der Waals surface area contributed by atoms with E-state index in [4.69, 9.17) is 0 Å². The molecule has 2 aliphatic rings. The summed E-state index contributed by atoms with van der Waals surface area (Å²) in [5.74, 6) is -0.320. The molecule has 2 fully saturated rings. The lowest BCUT2D eigenvalue weighted by Gasteiger charge is -2.34. The van der Waals surface area contributed by atoms with Crippen LogP contribution in [-0.4, -0.2) is 39.8 Å². The number of nitrogens with zero attached hydrogens (tertiary/aromatic N) is 2. The van der Waals surface area contributed by atoms with Crippen LogP contribution in [0.2, 0.25) is 0 Å². The van der Waals surface area contributed by atoms with Crippen molar-refractivity contribution in [2.24, 2.45) is 0 Å². The van der Waals surface area contributed by atoms with Gasteiger partial charge >= 0.3 is 6.03 Å². The average Bonchev–Trinajstić information content (AvgIpc) is 2.96. The molecule has 7 nitrogen and oxygen atoms in total. The highest BCUT2D eigenvalue weighted by Gasteiger charge is 2.31. The van der Waals surface area contributed by atoms with E-state index in [1.54, 1.807) is 12.4 Å². The molecular formula is C18H24N4O3. The molecule has 3 rings (SSSR count). The second kappa shape index (κ2) is 8.09. The number of hydrogen-bond donors (Lipinski definition) is 2. The molecule has 2 N–H and O–H groups in total. The van der Waals surface area contributed by atoms with Gasteiger partial charge in [-0.15, -0.1) is 0 Å². The van der Waals surface area contributed by atoms with Crippen LogP contribution in [-0.2, 0) is 16.1 Å². The van der Waals surface area contributed by atoms with Crippen LogP contribution in [0.1, 0.15) is 50.5 Å². The normalized spacial score (nSPS) is 20.9. The molecule has 134 valence electrons. The standard InChI is InChI=1S/C18H24N4O3/c23-16(9-8-15-17(24)21-18(25)20-15)22(14-6-2-1-3-7-14)12-13-5-4-10-19-11-13/h4-5,10-11,14-15H,1-3,6-9,12H2,(H2,20,21,24,25)/t15-/m0/s1. The monoisotopic (exact) mass is 344 g/mol. The smallest absolute Gasteiger partial charge is 0.322 e. The van der Waals surface area contributed by atoms with E-state index in [1.165, 1.54) is 6.42 Å². The fourth-order valence-corrected chi connectivity index (χ4v) is 3.58. The second-order valence-electron chi connectivity index (χ2n) is 6.73. The first-order valence-electron chi connectivity index (χ1n) is 8.93. The number of aromatic nitrogens is 1. The Morgan fingerprint density at radius 1 is 1.24 bits per heavy atom. The lowest BCUT2D eigenvalue weighted by molar-refractivity contribution is -0.135. The zero-order valence-corrected chi connectivity index (χ0v) is 14.2. The Morgan fingerprint density at radius 3 is 2.68 bits per heavy atom. The van der Waals surface area contributed by atoms with E-state index < -0.39 is 12.1 Å². The van der Waals surface area contributed by atoms with Gasteiger partial charge in [0.2, 0.25) is 5.91 Å². The van der Waals surface area contributed by atoms with Gasteiger partial charge in [-0.05, 0) is 30.9 Å². The van der Waals surface area contributed by atoms with Gasteiger partial charge in [0, 0.05) is 31.4 Å². The summed E-state index contributed by atoms with van der Waals surface area (Å²) in [4.78, 5) is 41.7. The lowest BCUT2D eigenvalue weighted by atomic mass is 9.93. The molecule has 1 aliphatic heterocycles. The number of hydrogen-bond acceptors (Lipinski definition) is 4. The largest absolute Gasteiger partial charge is 0.335 e. The van der Waals surface area contributed by atoms with Gasteiger partial charge in [-0.1, -0.05) is 25.3 Å². The fourth-order valence-electron chi connectivity index (χ4n) is 3.58. The van der Waals surface area contributed by atoms with E-state index in [0.29, 0.717) is 13.0 Å². The van der Waals surface area contributed by atoms with Crippen molar-refractivity contribution in [1.29, 1.82) is 0 Å². The van der Waals surface area contributed by atoms with Crippen molar-refractivity contribution in [1.82, 2.24) is 20.5 Å². The zero-order valence-electron chi connectivity index (χ0n) is 14.2. The van der Waals surface area contributed by atoms with Crippen molar-refractivity contribution in [2.45, 2.75) is 63.6 Å². The minimum atomic E-state index is -0.608. The highest BCUT2D eigenvalue weighted by molar-refractivity contribution is 6.04. The van der Waals surface area contributed by atoms with Crippen molar-refractivity contribution in [3.05, 3.63) is 30.1 Å². The van der Waals surface area contributed by atoms with Crippen LogP contribution in [0.25, 0.3) is 0 Å². The van der Waals surface area contributed by atoms with Crippen LogP contribution in [0, 0.1) is 0 Å². The minimum absolute atomic E-state index is 0.0321. The summed E-state index contributed by atoms with van der Waals surface area (Å²) in [6.45, 7) is 0.542. The molecule has 1 aliphatic carbocycles. The molecule has 1 saturated carbocycles. The van der Waals surface area contributed by atoms with Gasteiger partial charge in [0.15, 0.2) is 0 Å². The first-order chi connectivity index (χ1) is 12.1. The quantitative estimate of drug-likeness (QED) is 0.769. The molecule has 7 heteroatoms. The average molecular weight is 344 g/mol. The first kappa shape index (κ1) is 17.4. The van der Waals surface area contributed by atoms with Crippen LogP contribution < -0.4 is 10.6 Å². The Morgan fingerprint density at radius 2 is 2.04 bits per heavy atom.